The Morgan fingerprint density at radius 1 is 1.06 bits per heavy atom. The van der Waals surface area contributed by atoms with Gasteiger partial charge >= 0.3 is 6.03 Å². The molecule has 1 fully saturated rings. The number of hydrogen-bond acceptors (Lipinski definition) is 6. The highest BCUT2D eigenvalue weighted by atomic mass is 16.4. The molecule has 4 rings (SSSR count). The van der Waals surface area contributed by atoms with Crippen molar-refractivity contribution in [1.29, 1.82) is 0 Å². The first-order valence-electron chi connectivity index (χ1n) is 10.7. The smallest absolute Gasteiger partial charge is 0.317 e. The van der Waals surface area contributed by atoms with Crippen LogP contribution in [0.4, 0.5) is 10.6 Å². The van der Waals surface area contributed by atoms with Gasteiger partial charge in [-0.25, -0.2) is 9.78 Å². The van der Waals surface area contributed by atoms with Crippen LogP contribution in [0.25, 0.3) is 11.5 Å². The number of pyridine rings is 1. The molecule has 31 heavy (non-hydrogen) atoms. The molecule has 0 radical (unpaired) electrons. The van der Waals surface area contributed by atoms with Crippen molar-refractivity contribution in [2.45, 2.75) is 26.2 Å². The fourth-order valence-electron chi connectivity index (χ4n) is 3.58. The number of carbonyl (C=O) groups excluding carboxylic acids is 1. The largest absolute Gasteiger partial charge is 0.420 e. The van der Waals surface area contributed by atoms with Crippen LogP contribution in [0.5, 0.6) is 0 Å². The van der Waals surface area contributed by atoms with E-state index < -0.39 is 0 Å². The summed E-state index contributed by atoms with van der Waals surface area (Å²) in [6.07, 6.45) is 2.59. The summed E-state index contributed by atoms with van der Waals surface area (Å²) in [5.41, 5.74) is 2.04. The molecule has 8 heteroatoms. The summed E-state index contributed by atoms with van der Waals surface area (Å²) in [6.45, 7) is 7.32. The van der Waals surface area contributed by atoms with Crippen molar-refractivity contribution in [2.75, 3.05) is 37.6 Å². The van der Waals surface area contributed by atoms with Crippen LogP contribution in [0.2, 0.25) is 0 Å². The van der Waals surface area contributed by atoms with Gasteiger partial charge in [0.25, 0.3) is 5.89 Å². The van der Waals surface area contributed by atoms with Gasteiger partial charge in [-0.2, -0.15) is 0 Å². The maximum Gasteiger partial charge on any atom is 0.317 e. The fourth-order valence-corrected chi connectivity index (χ4v) is 3.58. The van der Waals surface area contributed by atoms with Gasteiger partial charge in [0, 0.05) is 44.8 Å². The van der Waals surface area contributed by atoms with Crippen molar-refractivity contribution in [3.8, 4) is 11.5 Å². The normalized spacial score (nSPS) is 14.2. The van der Waals surface area contributed by atoms with E-state index in [-0.39, 0.29) is 11.9 Å². The van der Waals surface area contributed by atoms with Gasteiger partial charge in [-0.3, -0.25) is 0 Å². The lowest BCUT2D eigenvalue weighted by atomic mass is 10.1. The van der Waals surface area contributed by atoms with Crippen LogP contribution in [0, 0.1) is 0 Å². The molecule has 1 aromatic carbocycles. The van der Waals surface area contributed by atoms with Gasteiger partial charge in [0.2, 0.25) is 5.89 Å². The zero-order valence-electron chi connectivity index (χ0n) is 18.0. The number of rotatable bonds is 6. The van der Waals surface area contributed by atoms with Crippen molar-refractivity contribution < 1.29 is 9.21 Å². The highest BCUT2D eigenvalue weighted by Gasteiger charge is 2.25. The van der Waals surface area contributed by atoms with Crippen LogP contribution in [0.3, 0.4) is 0 Å². The monoisotopic (exact) mass is 420 g/mol. The number of nitrogens with zero attached hydrogens (tertiary/aromatic N) is 5. The Morgan fingerprint density at radius 2 is 1.84 bits per heavy atom. The molecule has 0 saturated carbocycles. The van der Waals surface area contributed by atoms with Crippen LogP contribution < -0.4 is 10.2 Å². The van der Waals surface area contributed by atoms with Crippen LogP contribution in [0.1, 0.15) is 31.2 Å². The first kappa shape index (κ1) is 20.8. The molecule has 3 heterocycles. The summed E-state index contributed by atoms with van der Waals surface area (Å²) in [7, 11) is 0. The zero-order chi connectivity index (χ0) is 21.6. The first-order valence-corrected chi connectivity index (χ1v) is 10.7. The lowest BCUT2D eigenvalue weighted by Crippen LogP contribution is -2.52. The Balaban J connectivity index is 1.34. The highest BCUT2D eigenvalue weighted by molar-refractivity contribution is 5.75. The second kappa shape index (κ2) is 9.59. The molecule has 2 aromatic heterocycles. The van der Waals surface area contributed by atoms with Gasteiger partial charge in [-0.1, -0.05) is 44.2 Å². The number of piperazine rings is 1. The number of benzene rings is 1. The molecule has 2 amide bonds. The zero-order valence-corrected chi connectivity index (χ0v) is 18.0. The number of hydrogen-bond donors (Lipinski definition) is 1. The van der Waals surface area contributed by atoms with Crippen LogP contribution >= 0.6 is 0 Å². The molecular formula is C23H28N6O2. The Bertz CT molecular complexity index is 996. The summed E-state index contributed by atoms with van der Waals surface area (Å²) in [5, 5.41) is 11.4. The standard InChI is InChI=1S/C23H28N6O2/c1-17(2)21-26-27-22(31-21)19-9-6-11-24-20(19)28-13-15-29(16-14-28)23(30)25-12-10-18-7-4-3-5-8-18/h3-9,11,17H,10,12-16H2,1-2H3,(H,25,30). The minimum absolute atomic E-state index is 0.0182. The average Bonchev–Trinajstić information content (AvgIpc) is 3.30. The van der Waals surface area contributed by atoms with E-state index in [0.717, 1.165) is 17.8 Å². The fraction of sp³-hybridized carbons (Fsp3) is 0.391. The molecule has 8 nitrogen and oxygen atoms in total. The van der Waals surface area contributed by atoms with E-state index in [1.54, 1.807) is 6.20 Å². The third kappa shape index (κ3) is 5.02. The van der Waals surface area contributed by atoms with Gasteiger partial charge in [0.1, 0.15) is 5.82 Å². The van der Waals surface area contributed by atoms with Crippen molar-refractivity contribution in [2.24, 2.45) is 0 Å². The molecular weight excluding hydrogens is 392 g/mol. The van der Waals surface area contributed by atoms with Crippen molar-refractivity contribution in [3.05, 3.63) is 60.1 Å². The van der Waals surface area contributed by atoms with Gasteiger partial charge in [0.05, 0.1) is 5.56 Å². The second-order valence-electron chi connectivity index (χ2n) is 7.92. The number of anilines is 1. The topological polar surface area (TPSA) is 87.4 Å². The molecule has 0 bridgehead atoms. The maximum absolute atomic E-state index is 12.5. The number of aromatic nitrogens is 3. The third-order valence-corrected chi connectivity index (χ3v) is 5.35. The van der Waals surface area contributed by atoms with E-state index in [1.165, 1.54) is 5.56 Å². The van der Waals surface area contributed by atoms with E-state index in [4.69, 9.17) is 4.42 Å². The number of nitrogens with one attached hydrogen (secondary N) is 1. The highest BCUT2D eigenvalue weighted by Crippen LogP contribution is 2.29. The molecule has 1 saturated heterocycles. The Kier molecular flexibility index (Phi) is 6.45. The molecule has 0 aliphatic carbocycles. The predicted molar refractivity (Wildman–Crippen MR) is 119 cm³/mol. The summed E-state index contributed by atoms with van der Waals surface area (Å²) in [4.78, 5) is 21.1. The molecule has 0 unspecified atom stereocenters. The molecule has 1 aliphatic rings. The molecule has 162 valence electrons. The third-order valence-electron chi connectivity index (χ3n) is 5.35. The minimum Gasteiger partial charge on any atom is -0.420 e. The maximum atomic E-state index is 12.5. The number of urea groups is 1. The summed E-state index contributed by atoms with van der Waals surface area (Å²) in [6, 6.07) is 14.0. The van der Waals surface area contributed by atoms with Crippen molar-refractivity contribution >= 4 is 11.8 Å². The Hall–Kier alpha value is -3.42. The van der Waals surface area contributed by atoms with E-state index in [1.807, 2.05) is 49.1 Å². The van der Waals surface area contributed by atoms with Gasteiger partial charge in [-0.15, -0.1) is 10.2 Å². The van der Waals surface area contributed by atoms with E-state index in [2.05, 4.69) is 37.5 Å². The lowest BCUT2D eigenvalue weighted by Gasteiger charge is -2.35. The minimum atomic E-state index is -0.0182. The predicted octanol–water partition coefficient (Wildman–Crippen LogP) is 3.33. The molecule has 3 aromatic rings. The van der Waals surface area contributed by atoms with Crippen LogP contribution in [-0.2, 0) is 6.42 Å². The van der Waals surface area contributed by atoms with Crippen LogP contribution in [-0.4, -0.2) is 58.8 Å². The number of amides is 2. The van der Waals surface area contributed by atoms with Crippen molar-refractivity contribution in [3.63, 3.8) is 0 Å². The van der Waals surface area contributed by atoms with E-state index in [0.29, 0.717) is 44.5 Å². The van der Waals surface area contributed by atoms with Crippen LogP contribution in [0.15, 0.2) is 53.1 Å². The van der Waals surface area contributed by atoms with E-state index >= 15 is 0 Å². The first-order chi connectivity index (χ1) is 15.1. The molecule has 1 N–H and O–H groups in total. The molecule has 1 aliphatic heterocycles. The summed E-state index contributed by atoms with van der Waals surface area (Å²) < 4.78 is 5.84. The lowest BCUT2D eigenvalue weighted by molar-refractivity contribution is 0.194. The quantitative estimate of drug-likeness (QED) is 0.658. The van der Waals surface area contributed by atoms with Crippen molar-refractivity contribution in [1.82, 2.24) is 25.4 Å². The van der Waals surface area contributed by atoms with E-state index in [9.17, 15) is 4.79 Å². The number of carbonyl (C=O) groups is 1. The van der Waals surface area contributed by atoms with Gasteiger partial charge in [-0.05, 0) is 24.1 Å². The summed E-state index contributed by atoms with van der Waals surface area (Å²) in [5.74, 6) is 2.07. The Morgan fingerprint density at radius 3 is 2.55 bits per heavy atom. The Labute approximate surface area is 182 Å². The summed E-state index contributed by atoms with van der Waals surface area (Å²) >= 11 is 0. The van der Waals surface area contributed by atoms with Gasteiger partial charge in [0.15, 0.2) is 0 Å². The molecule has 0 spiro atoms. The SMILES string of the molecule is CC(C)c1nnc(-c2cccnc2N2CCN(C(=O)NCCc3ccccc3)CC2)o1. The molecule has 0 atom stereocenters. The van der Waals surface area contributed by atoms with Gasteiger partial charge < -0.3 is 19.5 Å². The average molecular weight is 421 g/mol. The second-order valence-corrected chi connectivity index (χ2v) is 7.92.